The number of hydrogen-bond acceptors (Lipinski definition) is 4. The number of hydrogen-bond donors (Lipinski definition) is 0. The first kappa shape index (κ1) is 12.2. The molecule has 0 aliphatic rings. The lowest BCUT2D eigenvalue weighted by molar-refractivity contribution is 0.0776. The van der Waals surface area contributed by atoms with E-state index in [2.05, 4.69) is 10.1 Å². The Morgan fingerprint density at radius 1 is 1.56 bits per heavy atom. The predicted molar refractivity (Wildman–Crippen MR) is 61.2 cm³/mol. The number of carbonyl (C=O) groups is 1. The normalized spacial score (nSPS) is 10.4. The lowest BCUT2D eigenvalue weighted by Gasteiger charge is -2.15. The molecule has 0 unspecified atom stereocenters. The molecule has 0 saturated heterocycles. The van der Waals surface area contributed by atoms with Gasteiger partial charge >= 0.3 is 0 Å². The maximum absolute atomic E-state index is 13.4. The minimum atomic E-state index is -0.773. The van der Waals surface area contributed by atoms with Gasteiger partial charge in [-0.1, -0.05) is 5.16 Å². The van der Waals surface area contributed by atoms with Crippen molar-refractivity contribution in [2.75, 3.05) is 7.05 Å². The average molecular weight is 249 g/mol. The Bertz CT molecular complexity index is 568. The van der Waals surface area contributed by atoms with Crippen LogP contribution in [0.3, 0.4) is 0 Å². The van der Waals surface area contributed by atoms with Gasteiger partial charge in [-0.3, -0.25) is 4.79 Å². The van der Waals surface area contributed by atoms with Crippen LogP contribution >= 0.6 is 0 Å². The highest BCUT2D eigenvalue weighted by Gasteiger charge is 2.17. The molecule has 6 heteroatoms. The second-order valence-electron chi connectivity index (χ2n) is 3.93. The monoisotopic (exact) mass is 249 g/mol. The zero-order chi connectivity index (χ0) is 13.1. The Morgan fingerprint density at radius 3 is 2.94 bits per heavy atom. The predicted octanol–water partition coefficient (Wildman–Crippen LogP) is 1.79. The van der Waals surface area contributed by atoms with Crippen molar-refractivity contribution in [3.63, 3.8) is 0 Å². The van der Waals surface area contributed by atoms with Gasteiger partial charge in [0.1, 0.15) is 11.5 Å². The van der Waals surface area contributed by atoms with Gasteiger partial charge < -0.3 is 9.42 Å². The molecule has 2 aromatic rings. The fourth-order valence-electron chi connectivity index (χ4n) is 1.56. The van der Waals surface area contributed by atoms with Gasteiger partial charge in [0.15, 0.2) is 0 Å². The topological polar surface area (TPSA) is 59.2 Å². The highest BCUT2D eigenvalue weighted by molar-refractivity contribution is 5.93. The van der Waals surface area contributed by atoms with Crippen LogP contribution in [0.2, 0.25) is 0 Å². The molecule has 18 heavy (non-hydrogen) atoms. The van der Waals surface area contributed by atoms with E-state index in [9.17, 15) is 9.18 Å². The van der Waals surface area contributed by atoms with Crippen molar-refractivity contribution < 1.29 is 13.7 Å². The molecule has 0 radical (unpaired) electrons. The van der Waals surface area contributed by atoms with Crippen LogP contribution in [0.15, 0.2) is 28.9 Å². The minimum absolute atomic E-state index is 0.0554. The Kier molecular flexibility index (Phi) is 3.36. The third kappa shape index (κ3) is 2.53. The molecule has 5 nitrogen and oxygen atoms in total. The standard InChI is InChI=1S/C12H12FN3O2/c1-8-6-9(15-18-8)7-16(2)12(17)10-4-3-5-14-11(10)13/h3-6H,7H2,1-2H3. The summed E-state index contributed by atoms with van der Waals surface area (Å²) in [6.45, 7) is 2.02. The summed E-state index contributed by atoms with van der Waals surface area (Å²) in [6.07, 6.45) is 1.30. The highest BCUT2D eigenvalue weighted by atomic mass is 19.1. The van der Waals surface area contributed by atoms with Crippen LogP contribution in [0, 0.1) is 12.9 Å². The number of halogens is 1. The van der Waals surface area contributed by atoms with E-state index in [1.807, 2.05) is 0 Å². The van der Waals surface area contributed by atoms with E-state index in [1.165, 1.54) is 23.2 Å². The number of pyridine rings is 1. The Hall–Kier alpha value is -2.24. The van der Waals surface area contributed by atoms with Gasteiger partial charge in [0.05, 0.1) is 12.1 Å². The van der Waals surface area contributed by atoms with Crippen molar-refractivity contribution in [3.05, 3.63) is 47.4 Å². The molecule has 0 N–H and O–H groups in total. The van der Waals surface area contributed by atoms with Gasteiger partial charge in [0, 0.05) is 19.3 Å². The summed E-state index contributed by atoms with van der Waals surface area (Å²) >= 11 is 0. The molecular formula is C12H12FN3O2. The van der Waals surface area contributed by atoms with Crippen LogP contribution in [0.4, 0.5) is 4.39 Å². The molecule has 0 bridgehead atoms. The molecule has 0 aliphatic heterocycles. The van der Waals surface area contributed by atoms with Gasteiger partial charge in [-0.25, -0.2) is 4.98 Å². The molecule has 94 valence electrons. The minimum Gasteiger partial charge on any atom is -0.361 e. The largest absolute Gasteiger partial charge is 0.361 e. The third-order valence-electron chi connectivity index (χ3n) is 2.41. The van der Waals surface area contributed by atoms with E-state index in [4.69, 9.17) is 4.52 Å². The van der Waals surface area contributed by atoms with Crippen molar-refractivity contribution in [3.8, 4) is 0 Å². The number of carbonyl (C=O) groups excluding carboxylic acids is 1. The van der Waals surface area contributed by atoms with Crippen molar-refractivity contribution >= 4 is 5.91 Å². The average Bonchev–Trinajstić information content (AvgIpc) is 2.74. The Balaban J connectivity index is 2.12. The third-order valence-corrected chi connectivity index (χ3v) is 2.41. The van der Waals surface area contributed by atoms with Crippen LogP contribution in [-0.2, 0) is 6.54 Å². The first-order chi connectivity index (χ1) is 8.58. The van der Waals surface area contributed by atoms with E-state index in [0.29, 0.717) is 11.5 Å². The van der Waals surface area contributed by atoms with Gasteiger partial charge in [-0.15, -0.1) is 0 Å². The second-order valence-corrected chi connectivity index (χ2v) is 3.93. The van der Waals surface area contributed by atoms with E-state index < -0.39 is 11.9 Å². The fraction of sp³-hybridized carbons (Fsp3) is 0.250. The number of aromatic nitrogens is 2. The van der Waals surface area contributed by atoms with Crippen LogP contribution in [-0.4, -0.2) is 28.0 Å². The van der Waals surface area contributed by atoms with Crippen molar-refractivity contribution in [2.24, 2.45) is 0 Å². The maximum Gasteiger partial charge on any atom is 0.258 e. The Morgan fingerprint density at radius 2 is 2.33 bits per heavy atom. The summed E-state index contributed by atoms with van der Waals surface area (Å²) in [7, 11) is 1.57. The number of nitrogens with zero attached hydrogens (tertiary/aromatic N) is 3. The molecule has 0 saturated carbocycles. The summed E-state index contributed by atoms with van der Waals surface area (Å²) in [6, 6.07) is 4.64. The van der Waals surface area contributed by atoms with Gasteiger partial charge in [-0.2, -0.15) is 4.39 Å². The van der Waals surface area contributed by atoms with Crippen LogP contribution in [0.5, 0.6) is 0 Å². The molecule has 0 spiro atoms. The SMILES string of the molecule is Cc1cc(CN(C)C(=O)c2cccnc2F)no1. The zero-order valence-corrected chi connectivity index (χ0v) is 10.1. The number of rotatable bonds is 3. The van der Waals surface area contributed by atoms with E-state index >= 15 is 0 Å². The quantitative estimate of drug-likeness (QED) is 0.778. The number of amides is 1. The second kappa shape index (κ2) is 4.95. The van der Waals surface area contributed by atoms with E-state index in [0.717, 1.165) is 0 Å². The van der Waals surface area contributed by atoms with Gasteiger partial charge in [0.2, 0.25) is 5.95 Å². The van der Waals surface area contributed by atoms with Crippen LogP contribution in [0.25, 0.3) is 0 Å². The van der Waals surface area contributed by atoms with Crippen molar-refractivity contribution in [1.82, 2.24) is 15.0 Å². The lowest BCUT2D eigenvalue weighted by Crippen LogP contribution is -2.27. The molecule has 2 rings (SSSR count). The highest BCUT2D eigenvalue weighted by Crippen LogP contribution is 2.10. The fourth-order valence-corrected chi connectivity index (χ4v) is 1.56. The summed E-state index contributed by atoms with van der Waals surface area (Å²) < 4.78 is 18.3. The molecule has 0 atom stereocenters. The lowest BCUT2D eigenvalue weighted by atomic mass is 10.2. The first-order valence-corrected chi connectivity index (χ1v) is 5.36. The van der Waals surface area contributed by atoms with E-state index in [1.54, 1.807) is 20.0 Å². The van der Waals surface area contributed by atoms with Gasteiger partial charge in [0.25, 0.3) is 5.91 Å². The van der Waals surface area contributed by atoms with Gasteiger partial charge in [-0.05, 0) is 19.1 Å². The molecule has 2 aromatic heterocycles. The summed E-state index contributed by atoms with van der Waals surface area (Å²) in [5.41, 5.74) is 0.563. The first-order valence-electron chi connectivity index (χ1n) is 5.36. The molecule has 2 heterocycles. The molecule has 1 amide bonds. The van der Waals surface area contributed by atoms with Crippen molar-refractivity contribution in [2.45, 2.75) is 13.5 Å². The zero-order valence-electron chi connectivity index (χ0n) is 10.1. The maximum atomic E-state index is 13.4. The number of aryl methyl sites for hydroxylation is 1. The van der Waals surface area contributed by atoms with Crippen molar-refractivity contribution in [1.29, 1.82) is 0 Å². The summed E-state index contributed by atoms with van der Waals surface area (Å²) in [4.78, 5) is 16.8. The Labute approximate surface area is 103 Å². The summed E-state index contributed by atoms with van der Waals surface area (Å²) in [5, 5.41) is 3.78. The van der Waals surface area contributed by atoms with Crippen LogP contribution in [0.1, 0.15) is 21.8 Å². The van der Waals surface area contributed by atoms with Crippen LogP contribution < -0.4 is 0 Å². The van der Waals surface area contributed by atoms with E-state index in [-0.39, 0.29) is 12.1 Å². The molecule has 0 aliphatic carbocycles. The molecule has 0 fully saturated rings. The molecular weight excluding hydrogens is 237 g/mol. The summed E-state index contributed by atoms with van der Waals surface area (Å²) in [5.74, 6) is -0.551. The molecule has 0 aromatic carbocycles. The smallest absolute Gasteiger partial charge is 0.258 e.